The lowest BCUT2D eigenvalue weighted by molar-refractivity contribution is -0.116. The van der Waals surface area contributed by atoms with Crippen molar-refractivity contribution in [3.8, 4) is 5.75 Å². The number of anilines is 1. The Balaban J connectivity index is 2.34. The smallest absolute Gasteiger partial charge is 0.225 e. The van der Waals surface area contributed by atoms with Gasteiger partial charge in [0.25, 0.3) is 0 Å². The number of methoxy groups -OCH3 is 1. The van der Waals surface area contributed by atoms with Crippen molar-refractivity contribution in [1.82, 2.24) is 5.32 Å². The molecule has 0 atom stereocenters. The molecule has 0 aliphatic heterocycles. The molecule has 0 radical (unpaired) electrons. The van der Waals surface area contributed by atoms with Crippen molar-refractivity contribution < 1.29 is 9.53 Å². The molecule has 0 saturated heterocycles. The molecule has 0 fully saturated rings. The fourth-order valence-corrected chi connectivity index (χ4v) is 1.43. The van der Waals surface area contributed by atoms with Gasteiger partial charge in [-0.2, -0.15) is 0 Å². The average Bonchev–Trinajstić information content (AvgIpc) is 2.35. The molecule has 0 saturated carbocycles. The molecule has 0 aromatic heterocycles. The van der Waals surface area contributed by atoms with Gasteiger partial charge in [0.15, 0.2) is 0 Å². The third kappa shape index (κ3) is 5.36. The van der Waals surface area contributed by atoms with E-state index in [0.29, 0.717) is 13.0 Å². The van der Waals surface area contributed by atoms with Gasteiger partial charge in [0, 0.05) is 24.7 Å². The number of hydrogen-bond donors (Lipinski definition) is 2. The predicted octanol–water partition coefficient (Wildman–Crippen LogP) is 2.02. The summed E-state index contributed by atoms with van der Waals surface area (Å²) in [7, 11) is 1.61. The summed E-state index contributed by atoms with van der Waals surface area (Å²) in [4.78, 5) is 11.6. The summed E-state index contributed by atoms with van der Waals surface area (Å²) in [6, 6.07) is 7.35. The van der Waals surface area contributed by atoms with Crippen LogP contribution in [0.25, 0.3) is 0 Å². The van der Waals surface area contributed by atoms with Crippen LogP contribution in [-0.4, -0.2) is 26.1 Å². The molecule has 0 unspecified atom stereocenters. The third-order valence-corrected chi connectivity index (χ3v) is 2.31. The minimum Gasteiger partial charge on any atom is -0.497 e. The molecule has 0 heterocycles. The lowest BCUT2D eigenvalue weighted by atomic mass is 10.3. The van der Waals surface area contributed by atoms with Crippen LogP contribution in [0.2, 0.25) is 0 Å². The summed E-state index contributed by atoms with van der Waals surface area (Å²) in [5, 5.41) is 6.02. The molecule has 1 amide bonds. The molecule has 0 bridgehead atoms. The summed E-state index contributed by atoms with van der Waals surface area (Å²) in [6.07, 6.45) is 1.56. The molecule has 1 rings (SSSR count). The zero-order valence-corrected chi connectivity index (χ0v) is 10.5. The Morgan fingerprint density at radius 3 is 2.88 bits per heavy atom. The number of hydrogen-bond acceptors (Lipinski definition) is 3. The van der Waals surface area contributed by atoms with Crippen LogP contribution in [0.5, 0.6) is 5.75 Å². The van der Waals surface area contributed by atoms with Gasteiger partial charge in [0.05, 0.1) is 7.11 Å². The first-order valence-corrected chi connectivity index (χ1v) is 5.91. The lowest BCUT2D eigenvalue weighted by Crippen LogP contribution is -2.22. The van der Waals surface area contributed by atoms with Crippen LogP contribution in [0.3, 0.4) is 0 Å². The zero-order valence-electron chi connectivity index (χ0n) is 10.5. The number of nitrogens with one attached hydrogen (secondary N) is 2. The quantitative estimate of drug-likeness (QED) is 0.712. The van der Waals surface area contributed by atoms with Crippen molar-refractivity contribution in [2.24, 2.45) is 0 Å². The number of carbonyl (C=O) groups excluding carboxylic acids is 1. The fourth-order valence-electron chi connectivity index (χ4n) is 1.43. The zero-order chi connectivity index (χ0) is 12.5. The standard InChI is InChI=1S/C13H20N2O2/c1-3-8-14-9-7-13(16)15-11-5-4-6-12(10-11)17-2/h4-6,10,14H,3,7-9H2,1-2H3,(H,15,16). The predicted molar refractivity (Wildman–Crippen MR) is 69.4 cm³/mol. The van der Waals surface area contributed by atoms with Crippen LogP contribution in [-0.2, 0) is 4.79 Å². The first-order valence-electron chi connectivity index (χ1n) is 5.91. The fraction of sp³-hybridized carbons (Fsp3) is 0.462. The van der Waals surface area contributed by atoms with E-state index in [-0.39, 0.29) is 5.91 Å². The number of amides is 1. The number of carbonyl (C=O) groups is 1. The van der Waals surface area contributed by atoms with Gasteiger partial charge >= 0.3 is 0 Å². The Labute approximate surface area is 102 Å². The molecule has 1 aromatic rings. The first-order chi connectivity index (χ1) is 8.26. The van der Waals surface area contributed by atoms with E-state index >= 15 is 0 Å². The van der Waals surface area contributed by atoms with Gasteiger partial charge in [-0.1, -0.05) is 13.0 Å². The minimum atomic E-state index is 0.0156. The van der Waals surface area contributed by atoms with Crippen molar-refractivity contribution in [2.45, 2.75) is 19.8 Å². The summed E-state index contributed by atoms with van der Waals surface area (Å²) >= 11 is 0. The molecule has 0 aliphatic rings. The first kappa shape index (κ1) is 13.5. The van der Waals surface area contributed by atoms with Gasteiger partial charge in [0.2, 0.25) is 5.91 Å². The van der Waals surface area contributed by atoms with Crippen LogP contribution < -0.4 is 15.4 Å². The van der Waals surface area contributed by atoms with Crippen LogP contribution in [0.15, 0.2) is 24.3 Å². The topological polar surface area (TPSA) is 50.4 Å². The van der Waals surface area contributed by atoms with Crippen LogP contribution in [0, 0.1) is 0 Å². The number of rotatable bonds is 7. The van der Waals surface area contributed by atoms with Crippen molar-refractivity contribution >= 4 is 11.6 Å². The Bertz CT molecular complexity index is 353. The maximum atomic E-state index is 11.6. The van der Waals surface area contributed by atoms with Gasteiger partial charge in [-0.15, -0.1) is 0 Å². The van der Waals surface area contributed by atoms with E-state index in [9.17, 15) is 4.79 Å². The Morgan fingerprint density at radius 2 is 2.18 bits per heavy atom. The van der Waals surface area contributed by atoms with Gasteiger partial charge < -0.3 is 15.4 Å². The Hall–Kier alpha value is -1.55. The van der Waals surface area contributed by atoms with Crippen LogP contribution in [0.4, 0.5) is 5.69 Å². The second-order valence-electron chi connectivity index (χ2n) is 3.78. The van der Waals surface area contributed by atoms with Gasteiger partial charge in [-0.3, -0.25) is 4.79 Å². The van der Waals surface area contributed by atoms with E-state index in [1.54, 1.807) is 13.2 Å². The molecule has 94 valence electrons. The second kappa shape index (κ2) is 7.68. The van der Waals surface area contributed by atoms with Crippen molar-refractivity contribution in [2.75, 3.05) is 25.5 Å². The molecular weight excluding hydrogens is 216 g/mol. The van der Waals surface area contributed by atoms with E-state index in [0.717, 1.165) is 24.4 Å². The van der Waals surface area contributed by atoms with E-state index in [1.807, 2.05) is 18.2 Å². The third-order valence-electron chi connectivity index (χ3n) is 2.31. The largest absolute Gasteiger partial charge is 0.497 e. The molecule has 0 aliphatic carbocycles. The van der Waals surface area contributed by atoms with Crippen molar-refractivity contribution in [1.29, 1.82) is 0 Å². The maximum absolute atomic E-state index is 11.6. The Kier molecular flexibility index (Phi) is 6.10. The van der Waals surface area contributed by atoms with Gasteiger partial charge in [-0.25, -0.2) is 0 Å². The molecule has 1 aromatic carbocycles. The minimum absolute atomic E-state index is 0.0156. The van der Waals surface area contributed by atoms with Crippen LogP contribution in [0.1, 0.15) is 19.8 Å². The van der Waals surface area contributed by atoms with E-state index in [4.69, 9.17) is 4.74 Å². The lowest BCUT2D eigenvalue weighted by Gasteiger charge is -2.07. The monoisotopic (exact) mass is 236 g/mol. The van der Waals surface area contributed by atoms with Crippen molar-refractivity contribution in [3.05, 3.63) is 24.3 Å². The molecule has 0 spiro atoms. The maximum Gasteiger partial charge on any atom is 0.225 e. The van der Waals surface area contributed by atoms with Crippen molar-refractivity contribution in [3.63, 3.8) is 0 Å². The number of benzene rings is 1. The van der Waals surface area contributed by atoms with Gasteiger partial charge in [-0.05, 0) is 25.1 Å². The second-order valence-corrected chi connectivity index (χ2v) is 3.78. The summed E-state index contributed by atoms with van der Waals surface area (Å²) < 4.78 is 5.09. The summed E-state index contributed by atoms with van der Waals surface area (Å²) in [6.45, 7) is 3.76. The summed E-state index contributed by atoms with van der Waals surface area (Å²) in [5.74, 6) is 0.758. The molecule has 2 N–H and O–H groups in total. The van der Waals surface area contributed by atoms with E-state index < -0.39 is 0 Å². The van der Waals surface area contributed by atoms with Gasteiger partial charge in [0.1, 0.15) is 5.75 Å². The highest BCUT2D eigenvalue weighted by Crippen LogP contribution is 2.16. The highest BCUT2D eigenvalue weighted by molar-refractivity contribution is 5.90. The van der Waals surface area contributed by atoms with E-state index in [2.05, 4.69) is 17.6 Å². The normalized spacial score (nSPS) is 10.0. The molecule has 17 heavy (non-hydrogen) atoms. The summed E-state index contributed by atoms with van der Waals surface area (Å²) in [5.41, 5.74) is 0.768. The van der Waals surface area contributed by atoms with Crippen LogP contribution >= 0.6 is 0 Å². The number of ether oxygens (including phenoxy) is 1. The van der Waals surface area contributed by atoms with E-state index in [1.165, 1.54) is 0 Å². The SMILES string of the molecule is CCCNCCC(=O)Nc1cccc(OC)c1. The average molecular weight is 236 g/mol. The highest BCUT2D eigenvalue weighted by atomic mass is 16.5. The highest BCUT2D eigenvalue weighted by Gasteiger charge is 2.02. The molecule has 4 heteroatoms. The molecule has 4 nitrogen and oxygen atoms in total. The molecular formula is C13H20N2O2. The Morgan fingerprint density at radius 1 is 1.35 bits per heavy atom.